The predicted molar refractivity (Wildman–Crippen MR) is 142 cm³/mol. The minimum Gasteiger partial charge on any atom is -0.561 e. The van der Waals surface area contributed by atoms with Crippen molar-refractivity contribution in [2.45, 2.75) is 123 Å². The molecular formula is C25H49N3O7Si-. The monoisotopic (exact) mass is 531 g/mol. The van der Waals surface area contributed by atoms with E-state index in [9.17, 15) is 24.3 Å². The Bertz CT molecular complexity index is 758. The van der Waals surface area contributed by atoms with Crippen LogP contribution in [0.1, 0.15) is 81.6 Å². The summed E-state index contributed by atoms with van der Waals surface area (Å²) in [6, 6.07) is -2.18. The van der Waals surface area contributed by atoms with Gasteiger partial charge >= 0.3 is 12.1 Å². The van der Waals surface area contributed by atoms with Crippen LogP contribution in [0.4, 0.5) is 4.79 Å². The second kappa shape index (κ2) is 14.0. The Morgan fingerprint density at radius 2 is 1.44 bits per heavy atom. The molecule has 11 heteroatoms. The first-order chi connectivity index (χ1) is 16.2. The van der Waals surface area contributed by atoms with Gasteiger partial charge in [-0.3, -0.25) is 9.59 Å². The van der Waals surface area contributed by atoms with Gasteiger partial charge in [0.2, 0.25) is 11.8 Å². The molecule has 3 amide bonds. The minimum atomic E-state index is -2.26. The van der Waals surface area contributed by atoms with Crippen molar-refractivity contribution in [2.24, 2.45) is 5.92 Å². The molecule has 0 radical (unpaired) electrons. The Kier molecular flexibility index (Phi) is 13.1. The highest BCUT2D eigenvalue weighted by molar-refractivity contribution is 6.74. The number of unbranched alkanes of at least 4 members (excludes halogenated alkanes) is 1. The first-order valence-corrected chi connectivity index (χ1v) is 15.6. The number of carbonyl (C=O) groups is 4. The number of aliphatic carboxylic acids is 1. The number of ether oxygens (including phenoxy) is 1. The molecule has 0 heterocycles. The summed E-state index contributed by atoms with van der Waals surface area (Å²) in [5, 5.41) is 17.5. The fraction of sp³-hybridized carbons (Fsp3) is 0.840. The van der Waals surface area contributed by atoms with Crippen LogP contribution in [-0.2, 0) is 23.5 Å². The third kappa shape index (κ3) is 12.7. The molecule has 0 aliphatic carbocycles. The third-order valence-electron chi connectivity index (χ3n) is 6.06. The van der Waals surface area contributed by atoms with Crippen molar-refractivity contribution in [2.75, 3.05) is 6.54 Å². The number of hydrogen-bond donors (Lipinski definition) is 4. The maximum atomic E-state index is 13.2. The van der Waals surface area contributed by atoms with Crippen molar-refractivity contribution >= 4 is 32.2 Å². The Morgan fingerprint density at radius 1 is 0.889 bits per heavy atom. The molecule has 0 aromatic heterocycles. The van der Waals surface area contributed by atoms with Crippen LogP contribution in [0.15, 0.2) is 0 Å². The standard InChI is InChI=1S/C25H49N3O7Si/c1-16(2)20(29)28-19(17(3)35-36(10,11)25(7,8)9)21(30)27-18(22(31)32)14-12-13-15-26-23(33)34-24(4,5)6/h16-19H,12-15H2,1-11H3,(H,26,33)(H,27,30)(H,28,29)(H,31,32)/q-1/t17-,18+,19+/m1/s1. The lowest BCUT2D eigenvalue weighted by Crippen LogP contribution is -2.59. The van der Waals surface area contributed by atoms with E-state index in [0.29, 0.717) is 19.4 Å². The molecule has 0 aliphatic rings. The summed E-state index contributed by atoms with van der Waals surface area (Å²) in [5.74, 6) is -2.45. The number of carboxylic acid groups (broad SMARTS) is 1. The van der Waals surface area contributed by atoms with Crippen molar-refractivity contribution in [1.29, 1.82) is 0 Å². The molecule has 0 bridgehead atoms. The minimum absolute atomic E-state index is 0.110. The first-order valence-electron chi connectivity index (χ1n) is 12.7. The number of amides is 3. The van der Waals surface area contributed by atoms with Crippen LogP contribution in [0.2, 0.25) is 18.1 Å². The van der Waals surface area contributed by atoms with Gasteiger partial charge in [0, 0.05) is 18.6 Å². The Labute approximate surface area is 217 Å². The van der Waals surface area contributed by atoms with Crippen LogP contribution in [-0.4, -0.2) is 67.6 Å². The number of rotatable bonds is 13. The highest BCUT2D eigenvalue weighted by Gasteiger charge is 2.34. The van der Waals surface area contributed by atoms with Gasteiger partial charge in [0.25, 0.3) is 0 Å². The Hall–Kier alpha value is -2.14. The van der Waals surface area contributed by atoms with E-state index in [2.05, 4.69) is 36.7 Å². The van der Waals surface area contributed by atoms with Crippen molar-refractivity contribution < 1.29 is 33.4 Å². The van der Waals surface area contributed by atoms with Crippen molar-refractivity contribution in [3.05, 3.63) is 0 Å². The number of hydrogen-bond acceptors (Lipinski definition) is 6. The molecule has 0 spiro atoms. The zero-order chi connectivity index (χ0) is 28.5. The Morgan fingerprint density at radius 3 is 1.89 bits per heavy atom. The second-order valence-corrected chi connectivity index (χ2v) is 16.8. The highest BCUT2D eigenvalue weighted by atomic mass is 28.4. The SMILES string of the molecule is CC(C)C(=O)N[C@H](C(=O)N[C@@H](CCCCNC(=O)OC(C)(C)C)C(=O)O)[C@@H](C)O[Si-](C)(C)C(C)(C)C. The first kappa shape index (κ1) is 33.9. The molecule has 0 saturated carbocycles. The van der Waals surface area contributed by atoms with Gasteiger partial charge in [-0.15, -0.1) is 18.1 Å². The normalized spacial score (nSPS) is 15.0. The number of carbonyl (C=O) groups excluding carboxylic acids is 3. The Balaban J connectivity index is 5.22. The highest BCUT2D eigenvalue weighted by Crippen LogP contribution is 2.37. The maximum absolute atomic E-state index is 13.2. The molecule has 0 unspecified atom stereocenters. The van der Waals surface area contributed by atoms with Gasteiger partial charge < -0.3 is 30.2 Å². The van der Waals surface area contributed by atoms with Crippen LogP contribution in [0.3, 0.4) is 0 Å². The van der Waals surface area contributed by atoms with E-state index in [-0.39, 0.29) is 23.3 Å². The predicted octanol–water partition coefficient (Wildman–Crippen LogP) is 3.80. The summed E-state index contributed by atoms with van der Waals surface area (Å²) >= 11 is 0. The van der Waals surface area contributed by atoms with Gasteiger partial charge in [0.15, 0.2) is 0 Å². The topological polar surface area (TPSA) is 143 Å². The van der Waals surface area contributed by atoms with Gasteiger partial charge in [-0.05, 0) is 55.3 Å². The third-order valence-corrected chi connectivity index (χ3v) is 10.6. The van der Waals surface area contributed by atoms with E-state index >= 15 is 0 Å². The molecule has 0 aliphatic heterocycles. The molecule has 0 rings (SSSR count). The fourth-order valence-electron chi connectivity index (χ4n) is 2.92. The summed E-state index contributed by atoms with van der Waals surface area (Å²) in [5.41, 5.74) is -0.601. The number of carboxylic acids is 1. The average molecular weight is 532 g/mol. The lowest BCUT2D eigenvalue weighted by Gasteiger charge is -2.51. The molecule has 10 nitrogen and oxygen atoms in total. The molecule has 0 saturated heterocycles. The lowest BCUT2D eigenvalue weighted by atomic mass is 10.1. The van der Waals surface area contributed by atoms with Crippen molar-refractivity contribution in [1.82, 2.24) is 16.0 Å². The van der Waals surface area contributed by atoms with Crippen molar-refractivity contribution in [3.8, 4) is 0 Å². The van der Waals surface area contributed by atoms with Crippen LogP contribution in [0.25, 0.3) is 0 Å². The quantitative estimate of drug-likeness (QED) is 0.209. The van der Waals surface area contributed by atoms with Gasteiger partial charge in [-0.1, -0.05) is 34.6 Å². The summed E-state index contributed by atoms with van der Waals surface area (Å²) in [4.78, 5) is 49.2. The van der Waals surface area contributed by atoms with E-state index < -0.39 is 50.1 Å². The summed E-state index contributed by atoms with van der Waals surface area (Å²) < 4.78 is 11.5. The molecule has 0 fully saturated rings. The van der Waals surface area contributed by atoms with E-state index in [1.807, 2.05) is 13.1 Å². The van der Waals surface area contributed by atoms with Crippen LogP contribution in [0, 0.1) is 5.92 Å². The van der Waals surface area contributed by atoms with Crippen molar-refractivity contribution in [3.63, 3.8) is 0 Å². The van der Waals surface area contributed by atoms with E-state index in [1.165, 1.54) is 0 Å². The molecule has 3 atom stereocenters. The molecule has 0 aromatic rings. The number of nitrogens with one attached hydrogen (secondary N) is 3. The summed E-state index contributed by atoms with van der Waals surface area (Å²) in [6.45, 7) is 21.1. The molecule has 36 heavy (non-hydrogen) atoms. The van der Waals surface area contributed by atoms with Gasteiger partial charge in [-0.25, -0.2) is 9.59 Å². The second-order valence-electron chi connectivity index (χ2n) is 12.0. The van der Waals surface area contributed by atoms with Gasteiger partial charge in [-0.2, -0.15) is 0 Å². The van der Waals surface area contributed by atoms with Crippen LogP contribution in [0.5, 0.6) is 0 Å². The lowest BCUT2D eigenvalue weighted by molar-refractivity contribution is -0.143. The summed E-state index contributed by atoms with van der Waals surface area (Å²) in [7, 11) is -2.26. The largest absolute Gasteiger partial charge is 0.561 e. The van der Waals surface area contributed by atoms with E-state index in [0.717, 1.165) is 0 Å². The van der Waals surface area contributed by atoms with E-state index in [4.69, 9.17) is 9.16 Å². The smallest absolute Gasteiger partial charge is 0.407 e. The van der Waals surface area contributed by atoms with Gasteiger partial charge in [0.1, 0.15) is 17.7 Å². The number of alkyl carbamates (subject to hydrolysis) is 1. The van der Waals surface area contributed by atoms with Gasteiger partial charge in [0.05, 0.1) is 0 Å². The van der Waals surface area contributed by atoms with Crippen LogP contribution < -0.4 is 16.0 Å². The molecule has 211 valence electrons. The van der Waals surface area contributed by atoms with Crippen LogP contribution >= 0.6 is 0 Å². The summed E-state index contributed by atoms with van der Waals surface area (Å²) in [6.07, 6.45) is -0.0610. The average Bonchev–Trinajstić information content (AvgIpc) is 2.67. The molecule has 0 aromatic carbocycles. The zero-order valence-corrected chi connectivity index (χ0v) is 25.0. The molecule has 4 N–H and O–H groups in total. The maximum Gasteiger partial charge on any atom is 0.407 e. The fourth-order valence-corrected chi connectivity index (χ4v) is 4.34. The molecular weight excluding hydrogens is 482 g/mol. The zero-order valence-electron chi connectivity index (χ0n) is 24.0. The van der Waals surface area contributed by atoms with E-state index in [1.54, 1.807) is 41.5 Å².